The Bertz CT molecular complexity index is 2940. The number of hydrogen-bond acceptors (Lipinski definition) is 3. The maximum absolute atomic E-state index is 5.32. The first-order valence-electron chi connectivity index (χ1n) is 18.6. The normalized spacial score (nSPS) is 11.3. The Labute approximate surface area is 324 Å². The number of benzene rings is 8. The van der Waals surface area contributed by atoms with Crippen LogP contribution in [0.4, 0.5) is 0 Å². The summed E-state index contributed by atoms with van der Waals surface area (Å²) < 4.78 is 2.63. The molecule has 0 radical (unpaired) electrons. The molecule has 0 saturated heterocycles. The summed E-state index contributed by atoms with van der Waals surface area (Å²) in [6.45, 7) is 0. The Kier molecular flexibility index (Phi) is 8.40. The molecular weight excluding hydrogens is 685 g/mol. The van der Waals surface area contributed by atoms with E-state index in [-0.39, 0.29) is 0 Å². The molecule has 258 valence electrons. The lowest BCUT2D eigenvalue weighted by molar-refractivity contribution is 1.18. The summed E-state index contributed by atoms with van der Waals surface area (Å²) in [6.07, 6.45) is 0. The Morgan fingerprint density at radius 2 is 0.691 bits per heavy atom. The molecule has 0 unspecified atom stereocenters. The monoisotopic (exact) mass is 718 g/mol. The Hall–Kier alpha value is -6.94. The first-order chi connectivity index (χ1) is 27.2. The van der Waals surface area contributed by atoms with Gasteiger partial charge in [0.25, 0.3) is 0 Å². The van der Waals surface area contributed by atoms with Crippen molar-refractivity contribution in [3.8, 4) is 78.4 Å². The second kappa shape index (κ2) is 14.1. The van der Waals surface area contributed by atoms with E-state index >= 15 is 0 Å². The quantitative estimate of drug-likeness (QED) is 0.164. The summed E-state index contributed by atoms with van der Waals surface area (Å²) in [7, 11) is 0. The van der Waals surface area contributed by atoms with Crippen LogP contribution < -0.4 is 0 Å². The predicted octanol–water partition coefficient (Wildman–Crippen LogP) is 14.5. The molecular formula is C52H34N2S. The van der Waals surface area contributed by atoms with Crippen molar-refractivity contribution >= 4 is 31.5 Å². The second-order valence-corrected chi connectivity index (χ2v) is 14.9. The molecule has 8 aromatic carbocycles. The van der Waals surface area contributed by atoms with E-state index in [1.54, 1.807) is 0 Å². The van der Waals surface area contributed by atoms with Gasteiger partial charge in [-0.2, -0.15) is 0 Å². The van der Waals surface area contributed by atoms with Gasteiger partial charge in [-0.1, -0.05) is 170 Å². The van der Waals surface area contributed by atoms with Gasteiger partial charge in [0, 0.05) is 42.4 Å². The molecule has 2 aromatic heterocycles. The van der Waals surface area contributed by atoms with Gasteiger partial charge in [0.1, 0.15) is 0 Å². The molecule has 3 heteroatoms. The van der Waals surface area contributed by atoms with Gasteiger partial charge in [-0.05, 0) is 75.3 Å². The fraction of sp³-hybridized carbons (Fsp3) is 0. The number of aromatic nitrogens is 2. The molecule has 10 rings (SSSR count). The average Bonchev–Trinajstić information content (AvgIpc) is 3.65. The van der Waals surface area contributed by atoms with Crippen LogP contribution in [0.15, 0.2) is 206 Å². The van der Waals surface area contributed by atoms with E-state index in [4.69, 9.17) is 9.97 Å². The minimum absolute atomic E-state index is 0.703. The van der Waals surface area contributed by atoms with Crippen molar-refractivity contribution in [3.63, 3.8) is 0 Å². The molecule has 0 aliphatic carbocycles. The molecule has 10 aromatic rings. The fourth-order valence-electron chi connectivity index (χ4n) is 7.55. The summed E-state index contributed by atoms with van der Waals surface area (Å²) in [5.41, 5.74) is 14.1. The summed E-state index contributed by atoms with van der Waals surface area (Å²) in [4.78, 5) is 10.6. The third-order valence-corrected chi connectivity index (χ3v) is 11.4. The Morgan fingerprint density at radius 1 is 0.273 bits per heavy atom. The van der Waals surface area contributed by atoms with Crippen molar-refractivity contribution in [1.82, 2.24) is 9.97 Å². The first-order valence-corrected chi connectivity index (χ1v) is 19.4. The second-order valence-electron chi connectivity index (χ2n) is 13.8. The minimum atomic E-state index is 0.703. The molecule has 2 heterocycles. The molecule has 55 heavy (non-hydrogen) atoms. The van der Waals surface area contributed by atoms with Gasteiger partial charge >= 0.3 is 0 Å². The third kappa shape index (κ3) is 6.31. The zero-order chi connectivity index (χ0) is 36.6. The Balaban J connectivity index is 1.13. The molecule has 0 saturated carbocycles. The van der Waals surface area contributed by atoms with Gasteiger partial charge in [0.2, 0.25) is 0 Å². The molecule has 2 nitrogen and oxygen atoms in total. The Morgan fingerprint density at radius 3 is 1.31 bits per heavy atom. The summed E-state index contributed by atoms with van der Waals surface area (Å²) in [6, 6.07) is 73.4. The molecule has 0 atom stereocenters. The third-order valence-electron chi connectivity index (χ3n) is 10.3. The van der Waals surface area contributed by atoms with Gasteiger partial charge in [0.15, 0.2) is 5.82 Å². The highest BCUT2D eigenvalue weighted by atomic mass is 32.1. The van der Waals surface area contributed by atoms with Gasteiger partial charge in [0.05, 0.1) is 11.4 Å². The maximum Gasteiger partial charge on any atom is 0.160 e. The highest BCUT2D eigenvalue weighted by Crippen LogP contribution is 2.42. The van der Waals surface area contributed by atoms with E-state index in [2.05, 4.69) is 182 Å². The van der Waals surface area contributed by atoms with Crippen molar-refractivity contribution in [2.45, 2.75) is 0 Å². The fourth-order valence-corrected chi connectivity index (χ4v) is 8.64. The van der Waals surface area contributed by atoms with Gasteiger partial charge in [-0.25, -0.2) is 9.97 Å². The van der Waals surface area contributed by atoms with Crippen molar-refractivity contribution in [2.75, 3.05) is 0 Å². The summed E-state index contributed by atoms with van der Waals surface area (Å²) in [5.74, 6) is 0.703. The largest absolute Gasteiger partial charge is 0.227 e. The summed E-state index contributed by atoms with van der Waals surface area (Å²) >= 11 is 1.85. The maximum atomic E-state index is 5.32. The lowest BCUT2D eigenvalue weighted by Crippen LogP contribution is -2.00. The zero-order valence-electron chi connectivity index (χ0n) is 29.9. The van der Waals surface area contributed by atoms with Crippen molar-refractivity contribution in [1.29, 1.82) is 0 Å². The van der Waals surface area contributed by atoms with E-state index in [1.165, 1.54) is 48.0 Å². The van der Waals surface area contributed by atoms with E-state index in [0.717, 1.165) is 44.8 Å². The first kappa shape index (κ1) is 32.7. The standard InChI is InChI=1S/C52H34N2S/c1-5-15-35(16-6-1)42-31-43(33-44(32-42)41-29-30-48-46(34-41)45-23-13-14-24-47(45)55-48)36-25-27-39(28-26-36)51-49(37-17-7-2-8-18-37)50(38-19-9-3-10-20-38)53-52(54-51)40-21-11-4-12-22-40/h1-34H. The smallest absolute Gasteiger partial charge is 0.160 e. The zero-order valence-corrected chi connectivity index (χ0v) is 30.7. The van der Waals surface area contributed by atoms with E-state index in [1.807, 2.05) is 35.6 Å². The summed E-state index contributed by atoms with van der Waals surface area (Å²) in [5, 5.41) is 2.61. The van der Waals surface area contributed by atoms with Crippen LogP contribution in [0, 0.1) is 0 Å². The number of nitrogens with zero attached hydrogens (tertiary/aromatic N) is 2. The van der Waals surface area contributed by atoms with Crippen molar-refractivity contribution in [2.24, 2.45) is 0 Å². The van der Waals surface area contributed by atoms with Crippen LogP contribution in [-0.2, 0) is 0 Å². The molecule has 0 fully saturated rings. The highest BCUT2D eigenvalue weighted by molar-refractivity contribution is 7.25. The molecule has 0 spiro atoms. The van der Waals surface area contributed by atoms with E-state index in [9.17, 15) is 0 Å². The molecule has 0 amide bonds. The molecule has 0 aliphatic rings. The van der Waals surface area contributed by atoms with Gasteiger partial charge in [-0.15, -0.1) is 11.3 Å². The SMILES string of the molecule is c1ccc(-c2cc(-c3ccc(-c4nc(-c5ccccc5)nc(-c5ccccc5)c4-c4ccccc4)cc3)cc(-c3ccc4sc5ccccc5c4c3)c2)cc1. The lowest BCUT2D eigenvalue weighted by Gasteiger charge is -2.17. The van der Waals surface area contributed by atoms with Gasteiger partial charge in [-0.3, -0.25) is 0 Å². The highest BCUT2D eigenvalue weighted by Gasteiger charge is 2.20. The van der Waals surface area contributed by atoms with Crippen molar-refractivity contribution < 1.29 is 0 Å². The predicted molar refractivity (Wildman–Crippen MR) is 233 cm³/mol. The van der Waals surface area contributed by atoms with Crippen LogP contribution in [0.5, 0.6) is 0 Å². The van der Waals surface area contributed by atoms with Gasteiger partial charge < -0.3 is 0 Å². The molecule has 0 N–H and O–H groups in total. The van der Waals surface area contributed by atoms with Crippen LogP contribution in [0.25, 0.3) is 98.6 Å². The topological polar surface area (TPSA) is 25.8 Å². The van der Waals surface area contributed by atoms with Crippen LogP contribution in [0.2, 0.25) is 0 Å². The van der Waals surface area contributed by atoms with Crippen LogP contribution in [0.3, 0.4) is 0 Å². The minimum Gasteiger partial charge on any atom is -0.227 e. The number of rotatable bonds is 7. The lowest BCUT2D eigenvalue weighted by atomic mass is 9.91. The van der Waals surface area contributed by atoms with Crippen LogP contribution in [0.1, 0.15) is 0 Å². The van der Waals surface area contributed by atoms with Crippen LogP contribution in [-0.4, -0.2) is 9.97 Å². The van der Waals surface area contributed by atoms with Crippen LogP contribution >= 0.6 is 11.3 Å². The van der Waals surface area contributed by atoms with E-state index < -0.39 is 0 Å². The number of hydrogen-bond donors (Lipinski definition) is 0. The number of thiophene rings is 1. The van der Waals surface area contributed by atoms with E-state index in [0.29, 0.717) is 5.82 Å². The average molecular weight is 719 g/mol. The van der Waals surface area contributed by atoms with Crippen molar-refractivity contribution in [3.05, 3.63) is 206 Å². The number of fused-ring (bicyclic) bond motifs is 3. The molecule has 0 bridgehead atoms. The molecule has 0 aliphatic heterocycles.